The molecule has 0 saturated heterocycles. The van der Waals surface area contributed by atoms with E-state index in [0.29, 0.717) is 5.69 Å². The molecule has 0 aliphatic carbocycles. The van der Waals surface area contributed by atoms with E-state index in [4.69, 9.17) is 10.4 Å². The van der Waals surface area contributed by atoms with Crippen molar-refractivity contribution in [3.05, 3.63) is 29.6 Å². The Labute approximate surface area is 96.2 Å². The van der Waals surface area contributed by atoms with Gasteiger partial charge in [-0.05, 0) is 38.1 Å². The van der Waals surface area contributed by atoms with Crippen LogP contribution >= 0.6 is 0 Å². The third kappa shape index (κ3) is 4.39. The standard InChI is InChI=1S/C12H17N3O/c1-10(16)4-6-15(2)9-11-3-5-14-12(7-11)8-13/h3,5,7,10,16H,4,6,9H2,1-2H3. The van der Waals surface area contributed by atoms with Crippen molar-refractivity contribution in [2.45, 2.75) is 26.0 Å². The number of nitrogens with zero attached hydrogens (tertiary/aromatic N) is 3. The number of aliphatic hydroxyl groups is 1. The van der Waals surface area contributed by atoms with Crippen LogP contribution in [0.25, 0.3) is 0 Å². The second-order valence-corrected chi connectivity index (χ2v) is 4.04. The SMILES string of the molecule is CC(O)CCN(C)Cc1ccnc(C#N)c1. The molecule has 4 heteroatoms. The van der Waals surface area contributed by atoms with Gasteiger partial charge in [-0.15, -0.1) is 0 Å². The molecule has 16 heavy (non-hydrogen) atoms. The van der Waals surface area contributed by atoms with Gasteiger partial charge in [0.25, 0.3) is 0 Å². The van der Waals surface area contributed by atoms with Crippen LogP contribution in [-0.2, 0) is 6.54 Å². The van der Waals surface area contributed by atoms with E-state index >= 15 is 0 Å². The number of hydrogen-bond donors (Lipinski definition) is 1. The van der Waals surface area contributed by atoms with Crippen LogP contribution in [0.3, 0.4) is 0 Å². The van der Waals surface area contributed by atoms with Crippen molar-refractivity contribution < 1.29 is 5.11 Å². The first kappa shape index (κ1) is 12.6. The molecule has 0 saturated carbocycles. The number of nitriles is 1. The zero-order valence-electron chi connectivity index (χ0n) is 9.72. The van der Waals surface area contributed by atoms with Crippen LogP contribution in [0.15, 0.2) is 18.3 Å². The summed E-state index contributed by atoms with van der Waals surface area (Å²) >= 11 is 0. The highest BCUT2D eigenvalue weighted by Crippen LogP contribution is 2.05. The minimum Gasteiger partial charge on any atom is -0.393 e. The molecule has 1 aromatic rings. The first-order chi connectivity index (χ1) is 7.61. The Morgan fingerprint density at radius 2 is 2.38 bits per heavy atom. The van der Waals surface area contributed by atoms with Crippen LogP contribution in [0.1, 0.15) is 24.6 Å². The molecule has 1 rings (SSSR count). The lowest BCUT2D eigenvalue weighted by atomic mass is 10.2. The summed E-state index contributed by atoms with van der Waals surface area (Å²) in [6.45, 7) is 3.39. The third-order valence-corrected chi connectivity index (χ3v) is 2.32. The highest BCUT2D eigenvalue weighted by molar-refractivity contribution is 5.25. The maximum absolute atomic E-state index is 9.17. The smallest absolute Gasteiger partial charge is 0.140 e. The Hall–Kier alpha value is -1.44. The summed E-state index contributed by atoms with van der Waals surface area (Å²) < 4.78 is 0. The Balaban J connectivity index is 2.49. The van der Waals surface area contributed by atoms with Gasteiger partial charge in [0, 0.05) is 19.3 Å². The molecule has 0 aromatic carbocycles. The van der Waals surface area contributed by atoms with Crippen molar-refractivity contribution in [2.75, 3.05) is 13.6 Å². The molecular weight excluding hydrogens is 202 g/mol. The number of hydrogen-bond acceptors (Lipinski definition) is 4. The fourth-order valence-corrected chi connectivity index (χ4v) is 1.43. The maximum Gasteiger partial charge on any atom is 0.140 e. The van der Waals surface area contributed by atoms with E-state index in [2.05, 4.69) is 9.88 Å². The molecule has 86 valence electrons. The molecule has 0 aliphatic heterocycles. The van der Waals surface area contributed by atoms with Gasteiger partial charge < -0.3 is 10.0 Å². The number of pyridine rings is 1. The van der Waals surface area contributed by atoms with Crippen LogP contribution in [0.2, 0.25) is 0 Å². The summed E-state index contributed by atoms with van der Waals surface area (Å²) in [6.07, 6.45) is 2.14. The van der Waals surface area contributed by atoms with Gasteiger partial charge in [0.15, 0.2) is 0 Å². The Kier molecular flexibility index (Phi) is 4.90. The number of rotatable bonds is 5. The molecular formula is C12H17N3O. The topological polar surface area (TPSA) is 60.1 Å². The van der Waals surface area contributed by atoms with E-state index < -0.39 is 0 Å². The van der Waals surface area contributed by atoms with Gasteiger partial charge in [0.1, 0.15) is 11.8 Å². The van der Waals surface area contributed by atoms with Crippen LogP contribution in [0.5, 0.6) is 0 Å². The minimum atomic E-state index is -0.269. The molecule has 4 nitrogen and oxygen atoms in total. The second-order valence-electron chi connectivity index (χ2n) is 4.04. The summed E-state index contributed by atoms with van der Waals surface area (Å²) in [4.78, 5) is 6.03. The van der Waals surface area contributed by atoms with Gasteiger partial charge in [-0.3, -0.25) is 0 Å². The highest BCUT2D eigenvalue weighted by Gasteiger charge is 2.03. The molecule has 0 amide bonds. The molecule has 1 N–H and O–H groups in total. The molecule has 0 radical (unpaired) electrons. The largest absolute Gasteiger partial charge is 0.393 e. The van der Waals surface area contributed by atoms with Gasteiger partial charge in [0.05, 0.1) is 6.10 Å². The van der Waals surface area contributed by atoms with Gasteiger partial charge in [0.2, 0.25) is 0 Å². The molecule has 0 bridgehead atoms. The van der Waals surface area contributed by atoms with Gasteiger partial charge in [-0.1, -0.05) is 0 Å². The normalized spacial score (nSPS) is 12.4. The summed E-state index contributed by atoms with van der Waals surface area (Å²) in [5.74, 6) is 0. The summed E-state index contributed by atoms with van der Waals surface area (Å²) in [7, 11) is 1.99. The van der Waals surface area contributed by atoms with Crippen molar-refractivity contribution in [2.24, 2.45) is 0 Å². The molecule has 0 spiro atoms. The monoisotopic (exact) mass is 219 g/mol. The van der Waals surface area contributed by atoms with Crippen molar-refractivity contribution in [1.29, 1.82) is 5.26 Å². The van der Waals surface area contributed by atoms with E-state index in [1.54, 1.807) is 19.2 Å². The molecule has 1 aromatic heterocycles. The zero-order valence-corrected chi connectivity index (χ0v) is 9.72. The number of aromatic nitrogens is 1. The average Bonchev–Trinajstić information content (AvgIpc) is 2.26. The van der Waals surface area contributed by atoms with E-state index in [1.165, 1.54) is 0 Å². The fraction of sp³-hybridized carbons (Fsp3) is 0.500. The Morgan fingerprint density at radius 3 is 3.00 bits per heavy atom. The first-order valence-corrected chi connectivity index (χ1v) is 5.33. The first-order valence-electron chi connectivity index (χ1n) is 5.33. The van der Waals surface area contributed by atoms with Crippen molar-refractivity contribution in [3.8, 4) is 6.07 Å². The van der Waals surface area contributed by atoms with Crippen LogP contribution in [0.4, 0.5) is 0 Å². The molecule has 1 unspecified atom stereocenters. The lowest BCUT2D eigenvalue weighted by Gasteiger charge is -2.17. The Morgan fingerprint density at radius 1 is 1.62 bits per heavy atom. The summed E-state index contributed by atoms with van der Waals surface area (Å²) in [5, 5.41) is 17.9. The lowest BCUT2D eigenvalue weighted by molar-refractivity contribution is 0.163. The van der Waals surface area contributed by atoms with E-state index in [1.807, 2.05) is 19.2 Å². The molecule has 1 heterocycles. The predicted molar refractivity (Wildman–Crippen MR) is 61.6 cm³/mol. The number of aliphatic hydroxyl groups excluding tert-OH is 1. The van der Waals surface area contributed by atoms with E-state index in [-0.39, 0.29) is 6.10 Å². The van der Waals surface area contributed by atoms with Crippen molar-refractivity contribution in [1.82, 2.24) is 9.88 Å². The second kappa shape index (κ2) is 6.21. The zero-order chi connectivity index (χ0) is 12.0. The molecule has 0 aliphatic rings. The summed E-state index contributed by atoms with van der Waals surface area (Å²) in [5.41, 5.74) is 1.51. The fourth-order valence-electron chi connectivity index (χ4n) is 1.43. The van der Waals surface area contributed by atoms with E-state index in [9.17, 15) is 0 Å². The van der Waals surface area contributed by atoms with Gasteiger partial charge >= 0.3 is 0 Å². The molecule has 1 atom stereocenters. The molecule has 0 fully saturated rings. The minimum absolute atomic E-state index is 0.269. The maximum atomic E-state index is 9.17. The Bertz CT molecular complexity index is 371. The van der Waals surface area contributed by atoms with Crippen LogP contribution < -0.4 is 0 Å². The van der Waals surface area contributed by atoms with Crippen molar-refractivity contribution in [3.63, 3.8) is 0 Å². The van der Waals surface area contributed by atoms with E-state index in [0.717, 1.165) is 25.1 Å². The average molecular weight is 219 g/mol. The van der Waals surface area contributed by atoms with Gasteiger partial charge in [-0.25, -0.2) is 4.98 Å². The van der Waals surface area contributed by atoms with Crippen molar-refractivity contribution >= 4 is 0 Å². The van der Waals surface area contributed by atoms with Crippen LogP contribution in [0, 0.1) is 11.3 Å². The van der Waals surface area contributed by atoms with Crippen LogP contribution in [-0.4, -0.2) is 34.7 Å². The third-order valence-electron chi connectivity index (χ3n) is 2.32. The predicted octanol–water partition coefficient (Wildman–Crippen LogP) is 1.16. The lowest BCUT2D eigenvalue weighted by Crippen LogP contribution is -2.22. The van der Waals surface area contributed by atoms with Gasteiger partial charge in [-0.2, -0.15) is 5.26 Å². The quantitative estimate of drug-likeness (QED) is 0.807. The highest BCUT2D eigenvalue weighted by atomic mass is 16.3. The summed E-state index contributed by atoms with van der Waals surface area (Å²) in [6, 6.07) is 5.71.